The van der Waals surface area contributed by atoms with E-state index in [1.165, 1.54) is 11.8 Å². The molecule has 2 fully saturated rings. The molecule has 1 aromatic heterocycles. The third kappa shape index (κ3) is 8.61. The topological polar surface area (TPSA) is 183 Å². The van der Waals surface area contributed by atoms with Gasteiger partial charge in [-0.15, -0.1) is 0 Å². The fourth-order valence-electron chi connectivity index (χ4n) is 6.93. The van der Waals surface area contributed by atoms with Gasteiger partial charge < -0.3 is 40.1 Å². The zero-order valence-corrected chi connectivity index (χ0v) is 29.7. The number of hydrogen-bond donors (Lipinski definition) is 4. The SMILES string of the molecule is CCc1noc(C)c1C(=O)N1C[C@@H]2NC(=O)[C@H](Cc3ccccc3)NC(=O)CN(CC3CC3)C(=O)[C@H]([C@@H](C)O)NC(=O)COc3cccc(c3)[C@H]2C1. The lowest BCUT2D eigenvalue weighted by Crippen LogP contribution is -2.58. The summed E-state index contributed by atoms with van der Waals surface area (Å²) in [4.78, 5) is 71.8. The number of benzene rings is 2. The summed E-state index contributed by atoms with van der Waals surface area (Å²) < 4.78 is 11.2. The van der Waals surface area contributed by atoms with Crippen LogP contribution in [0.4, 0.5) is 0 Å². The van der Waals surface area contributed by atoms with Crippen LogP contribution >= 0.6 is 0 Å². The van der Waals surface area contributed by atoms with Crippen molar-refractivity contribution >= 4 is 29.5 Å². The van der Waals surface area contributed by atoms with Crippen molar-refractivity contribution in [3.05, 3.63) is 82.7 Å². The fourth-order valence-corrected chi connectivity index (χ4v) is 6.93. The number of nitrogens with zero attached hydrogens (tertiary/aromatic N) is 3. The van der Waals surface area contributed by atoms with Gasteiger partial charge in [-0.05, 0) is 62.3 Å². The van der Waals surface area contributed by atoms with Crippen LogP contribution in [0.15, 0.2) is 59.1 Å². The van der Waals surface area contributed by atoms with Gasteiger partial charge in [-0.25, -0.2) is 0 Å². The number of rotatable bonds is 7. The maximum Gasteiger partial charge on any atom is 0.259 e. The van der Waals surface area contributed by atoms with Gasteiger partial charge in [0.25, 0.3) is 11.8 Å². The average molecular weight is 715 g/mol. The minimum atomic E-state index is -1.32. The highest BCUT2D eigenvalue weighted by Crippen LogP contribution is 2.32. The minimum absolute atomic E-state index is 0.171. The van der Waals surface area contributed by atoms with Gasteiger partial charge in [0.1, 0.15) is 29.2 Å². The monoisotopic (exact) mass is 714 g/mol. The molecule has 0 unspecified atom stereocenters. The largest absolute Gasteiger partial charge is 0.484 e. The number of likely N-dealkylation sites (tertiary alicyclic amines) is 1. The van der Waals surface area contributed by atoms with Crippen LogP contribution in [0.3, 0.4) is 0 Å². The molecule has 5 atom stereocenters. The summed E-state index contributed by atoms with van der Waals surface area (Å²) >= 11 is 0. The smallest absolute Gasteiger partial charge is 0.259 e. The summed E-state index contributed by atoms with van der Waals surface area (Å²) in [5.74, 6) is -1.90. The molecule has 2 aliphatic heterocycles. The van der Waals surface area contributed by atoms with Crippen LogP contribution in [0.25, 0.3) is 0 Å². The Balaban J connectivity index is 1.35. The summed E-state index contributed by atoms with van der Waals surface area (Å²) in [6.07, 6.45) is 1.20. The Bertz CT molecular complexity index is 1790. The van der Waals surface area contributed by atoms with E-state index >= 15 is 0 Å². The van der Waals surface area contributed by atoms with E-state index in [1.807, 2.05) is 43.3 Å². The molecule has 3 heterocycles. The number of nitrogens with one attached hydrogen (secondary N) is 3. The van der Waals surface area contributed by atoms with Crippen LogP contribution in [-0.4, -0.2) is 107 Å². The first kappa shape index (κ1) is 36.5. The molecule has 2 bridgehead atoms. The standard InChI is InChI=1S/C38H46N6O8/c1-4-29-34(23(3)52-42-29)37(49)44-18-28-26-11-8-12-27(16-26)51-21-33(47)41-35(22(2)45)38(50)43(17-25-13-14-25)20-32(46)39-30(36(48)40-31(28)19-44)15-24-9-6-5-7-10-24/h5-12,16,22,25,28,30-31,35,45H,4,13-15,17-21H2,1-3H3,(H,39,46)(H,40,48)(H,41,47)/t22-,28-,30+,31+,35+/m1/s1. The molecule has 3 aromatic rings. The second kappa shape index (κ2) is 16.0. The van der Waals surface area contributed by atoms with Crippen molar-refractivity contribution in [1.29, 1.82) is 0 Å². The molecule has 3 aliphatic rings. The third-order valence-corrected chi connectivity index (χ3v) is 9.89. The number of fused-ring (bicyclic) bond motifs is 4. The number of aromatic nitrogens is 1. The minimum Gasteiger partial charge on any atom is -0.484 e. The molecular formula is C38H46N6O8. The molecular weight excluding hydrogens is 668 g/mol. The van der Waals surface area contributed by atoms with E-state index in [9.17, 15) is 29.1 Å². The van der Waals surface area contributed by atoms with Crippen molar-refractivity contribution in [1.82, 2.24) is 30.9 Å². The molecule has 0 radical (unpaired) electrons. The number of amides is 5. The lowest BCUT2D eigenvalue weighted by Gasteiger charge is -2.30. The summed E-state index contributed by atoms with van der Waals surface area (Å²) in [6, 6.07) is 13.5. The second-order valence-corrected chi connectivity index (χ2v) is 14.0. The Morgan fingerprint density at radius 2 is 1.77 bits per heavy atom. The van der Waals surface area contributed by atoms with Crippen LogP contribution < -0.4 is 20.7 Å². The number of ether oxygens (including phenoxy) is 1. The van der Waals surface area contributed by atoms with Crippen LogP contribution in [-0.2, 0) is 32.0 Å². The molecule has 1 saturated heterocycles. The molecule has 2 aromatic carbocycles. The number of aliphatic hydroxyl groups is 1. The summed E-state index contributed by atoms with van der Waals surface area (Å²) in [6.45, 7) is 4.87. The number of aryl methyl sites for hydroxylation is 2. The Hall–Kier alpha value is -5.24. The summed E-state index contributed by atoms with van der Waals surface area (Å²) in [7, 11) is 0. The van der Waals surface area contributed by atoms with E-state index in [2.05, 4.69) is 21.1 Å². The van der Waals surface area contributed by atoms with E-state index in [0.29, 0.717) is 29.2 Å². The first-order valence-corrected chi connectivity index (χ1v) is 17.9. The third-order valence-electron chi connectivity index (χ3n) is 9.89. The Morgan fingerprint density at radius 1 is 1.00 bits per heavy atom. The lowest BCUT2D eigenvalue weighted by molar-refractivity contribution is -0.143. The van der Waals surface area contributed by atoms with E-state index in [0.717, 1.165) is 24.0 Å². The zero-order chi connectivity index (χ0) is 36.9. The van der Waals surface area contributed by atoms with Crippen molar-refractivity contribution in [2.24, 2.45) is 5.92 Å². The van der Waals surface area contributed by atoms with Crippen molar-refractivity contribution in [2.75, 3.05) is 32.8 Å². The number of carbonyl (C=O) groups excluding carboxylic acids is 5. The quantitative estimate of drug-likeness (QED) is 0.282. The van der Waals surface area contributed by atoms with Gasteiger partial charge >= 0.3 is 0 Å². The van der Waals surface area contributed by atoms with E-state index < -0.39 is 54.5 Å². The molecule has 4 N–H and O–H groups in total. The molecule has 1 aliphatic carbocycles. The van der Waals surface area contributed by atoms with Crippen LogP contribution in [0, 0.1) is 12.8 Å². The second-order valence-electron chi connectivity index (χ2n) is 14.0. The van der Waals surface area contributed by atoms with Crippen molar-refractivity contribution < 1.29 is 38.3 Å². The number of aliphatic hydroxyl groups excluding tert-OH is 1. The molecule has 52 heavy (non-hydrogen) atoms. The molecule has 14 nitrogen and oxygen atoms in total. The highest BCUT2D eigenvalue weighted by atomic mass is 16.5. The summed E-state index contributed by atoms with van der Waals surface area (Å²) in [5.41, 5.74) is 2.52. The highest BCUT2D eigenvalue weighted by molar-refractivity contribution is 5.97. The molecule has 14 heteroatoms. The van der Waals surface area contributed by atoms with E-state index in [-0.39, 0.29) is 50.3 Å². The van der Waals surface area contributed by atoms with Gasteiger partial charge in [0.2, 0.25) is 17.7 Å². The van der Waals surface area contributed by atoms with Gasteiger partial charge in [0.15, 0.2) is 6.61 Å². The molecule has 276 valence electrons. The zero-order valence-electron chi connectivity index (χ0n) is 29.7. The average Bonchev–Trinajstić information content (AvgIpc) is 3.73. The van der Waals surface area contributed by atoms with Crippen molar-refractivity contribution in [3.8, 4) is 5.75 Å². The van der Waals surface area contributed by atoms with Crippen LogP contribution in [0.5, 0.6) is 5.75 Å². The number of carbonyl (C=O) groups is 5. The Morgan fingerprint density at radius 3 is 2.48 bits per heavy atom. The molecule has 5 amide bonds. The van der Waals surface area contributed by atoms with Crippen molar-refractivity contribution in [3.63, 3.8) is 0 Å². The molecule has 6 rings (SSSR count). The highest BCUT2D eigenvalue weighted by Gasteiger charge is 2.41. The van der Waals surface area contributed by atoms with E-state index in [1.54, 1.807) is 30.0 Å². The maximum atomic E-state index is 14.3. The first-order valence-electron chi connectivity index (χ1n) is 17.9. The maximum absolute atomic E-state index is 14.3. The van der Waals surface area contributed by atoms with Crippen LogP contribution in [0.1, 0.15) is 65.5 Å². The van der Waals surface area contributed by atoms with Gasteiger partial charge in [0.05, 0.1) is 24.4 Å². The molecule has 0 spiro atoms. The van der Waals surface area contributed by atoms with Gasteiger partial charge in [-0.2, -0.15) is 0 Å². The van der Waals surface area contributed by atoms with Gasteiger partial charge in [0, 0.05) is 32.0 Å². The predicted molar refractivity (Wildman–Crippen MR) is 188 cm³/mol. The van der Waals surface area contributed by atoms with Crippen molar-refractivity contribution in [2.45, 2.75) is 76.6 Å². The Kier molecular flexibility index (Phi) is 11.2. The Labute approximate surface area is 302 Å². The van der Waals surface area contributed by atoms with Gasteiger partial charge in [-0.1, -0.05) is 54.5 Å². The molecule has 1 saturated carbocycles. The summed E-state index contributed by atoms with van der Waals surface area (Å²) in [5, 5.41) is 23.2. The van der Waals surface area contributed by atoms with Gasteiger partial charge in [-0.3, -0.25) is 24.0 Å². The first-order chi connectivity index (χ1) is 25.0. The normalized spacial score (nSPS) is 23.8. The van der Waals surface area contributed by atoms with E-state index in [4.69, 9.17) is 9.26 Å². The number of hydrogen-bond acceptors (Lipinski definition) is 9. The fraction of sp³-hybridized carbons (Fsp3) is 0.474. The lowest BCUT2D eigenvalue weighted by atomic mass is 9.93. The predicted octanol–water partition coefficient (Wildman–Crippen LogP) is 1.49. The van der Waals surface area contributed by atoms with Crippen LogP contribution in [0.2, 0.25) is 0 Å².